The largest absolute Gasteiger partial charge is 0.336 e. The van der Waals surface area contributed by atoms with E-state index in [2.05, 4.69) is 31.1 Å². The van der Waals surface area contributed by atoms with E-state index in [-0.39, 0.29) is 5.91 Å². The molecule has 0 unspecified atom stereocenters. The average Bonchev–Trinajstić information content (AvgIpc) is 3.04. The van der Waals surface area contributed by atoms with Crippen molar-refractivity contribution in [2.45, 2.75) is 20.4 Å². The molecule has 3 rings (SSSR count). The van der Waals surface area contributed by atoms with Crippen LogP contribution in [0.3, 0.4) is 0 Å². The highest BCUT2D eigenvalue weighted by atomic mass is 79.9. The lowest BCUT2D eigenvalue weighted by Crippen LogP contribution is -2.27. The summed E-state index contributed by atoms with van der Waals surface area (Å²) in [6, 6.07) is 1.94. The van der Waals surface area contributed by atoms with Crippen molar-refractivity contribution in [3.05, 3.63) is 45.6 Å². The SMILES string of the molecule is Cc1cc(C)n2ncc(C(=O)N(C)Cc3c(Br)cnn3C)c2n1. The minimum absolute atomic E-state index is 0.120. The highest BCUT2D eigenvalue weighted by Crippen LogP contribution is 2.19. The van der Waals surface area contributed by atoms with Crippen LogP contribution in [0.15, 0.2) is 22.9 Å². The fourth-order valence-electron chi connectivity index (χ4n) is 2.54. The van der Waals surface area contributed by atoms with Crippen LogP contribution in [0, 0.1) is 13.8 Å². The maximum atomic E-state index is 12.8. The van der Waals surface area contributed by atoms with Gasteiger partial charge in [-0.3, -0.25) is 9.48 Å². The maximum absolute atomic E-state index is 12.8. The molecule has 0 spiro atoms. The van der Waals surface area contributed by atoms with E-state index in [9.17, 15) is 4.79 Å². The lowest BCUT2D eigenvalue weighted by molar-refractivity contribution is 0.0783. The van der Waals surface area contributed by atoms with Crippen LogP contribution in [-0.2, 0) is 13.6 Å². The van der Waals surface area contributed by atoms with Crippen molar-refractivity contribution in [1.29, 1.82) is 0 Å². The van der Waals surface area contributed by atoms with Crippen molar-refractivity contribution in [3.8, 4) is 0 Å². The van der Waals surface area contributed by atoms with E-state index >= 15 is 0 Å². The fraction of sp³-hybridized carbons (Fsp3) is 0.333. The average molecular weight is 377 g/mol. The number of carbonyl (C=O) groups is 1. The lowest BCUT2D eigenvalue weighted by atomic mass is 10.2. The Morgan fingerprint density at radius 3 is 2.70 bits per heavy atom. The van der Waals surface area contributed by atoms with Gasteiger partial charge in [0.2, 0.25) is 0 Å². The molecule has 0 bridgehead atoms. The number of hydrogen-bond acceptors (Lipinski definition) is 4. The Bertz CT molecular complexity index is 877. The minimum Gasteiger partial charge on any atom is -0.336 e. The van der Waals surface area contributed by atoms with Crippen molar-refractivity contribution in [1.82, 2.24) is 29.3 Å². The van der Waals surface area contributed by atoms with E-state index in [0.717, 1.165) is 21.6 Å². The van der Waals surface area contributed by atoms with E-state index in [4.69, 9.17) is 0 Å². The van der Waals surface area contributed by atoms with Gasteiger partial charge < -0.3 is 4.90 Å². The Balaban J connectivity index is 1.94. The lowest BCUT2D eigenvalue weighted by Gasteiger charge is -2.17. The second-order valence-corrected chi connectivity index (χ2v) is 6.41. The zero-order valence-electron chi connectivity index (χ0n) is 13.4. The number of halogens is 1. The summed E-state index contributed by atoms with van der Waals surface area (Å²) in [6.45, 7) is 4.29. The Kier molecular flexibility index (Phi) is 3.93. The molecule has 3 aromatic rings. The molecule has 0 aliphatic carbocycles. The number of aryl methyl sites for hydroxylation is 3. The van der Waals surface area contributed by atoms with Crippen molar-refractivity contribution in [2.24, 2.45) is 7.05 Å². The van der Waals surface area contributed by atoms with Crippen LogP contribution in [0.4, 0.5) is 0 Å². The third-order valence-electron chi connectivity index (χ3n) is 3.75. The molecule has 0 aliphatic heterocycles. The van der Waals surface area contributed by atoms with Crippen LogP contribution in [0.5, 0.6) is 0 Å². The first-order chi connectivity index (χ1) is 10.9. The van der Waals surface area contributed by atoms with Gasteiger partial charge in [0.1, 0.15) is 5.56 Å². The molecule has 7 nitrogen and oxygen atoms in total. The van der Waals surface area contributed by atoms with Gasteiger partial charge in [-0.1, -0.05) is 0 Å². The summed E-state index contributed by atoms with van der Waals surface area (Å²) in [5.74, 6) is -0.120. The summed E-state index contributed by atoms with van der Waals surface area (Å²) in [7, 11) is 3.61. The predicted octanol–water partition coefficient (Wildman–Crippen LogP) is 2.11. The van der Waals surface area contributed by atoms with Gasteiger partial charge in [0.05, 0.1) is 29.1 Å². The van der Waals surface area contributed by atoms with Gasteiger partial charge in [-0.05, 0) is 35.8 Å². The molecular weight excluding hydrogens is 360 g/mol. The Hall–Kier alpha value is -2.22. The monoisotopic (exact) mass is 376 g/mol. The normalized spacial score (nSPS) is 11.2. The zero-order chi connectivity index (χ0) is 16.7. The Labute approximate surface area is 142 Å². The summed E-state index contributed by atoms with van der Waals surface area (Å²) in [5.41, 5.74) is 3.82. The number of rotatable bonds is 3. The molecule has 0 N–H and O–H groups in total. The zero-order valence-corrected chi connectivity index (χ0v) is 15.0. The topological polar surface area (TPSA) is 68.3 Å². The van der Waals surface area contributed by atoms with E-state index in [1.54, 1.807) is 33.5 Å². The van der Waals surface area contributed by atoms with Gasteiger partial charge in [-0.15, -0.1) is 0 Å². The van der Waals surface area contributed by atoms with E-state index < -0.39 is 0 Å². The van der Waals surface area contributed by atoms with Gasteiger partial charge in [0.15, 0.2) is 5.65 Å². The van der Waals surface area contributed by atoms with Gasteiger partial charge >= 0.3 is 0 Å². The van der Waals surface area contributed by atoms with Crippen LogP contribution in [-0.4, -0.2) is 42.2 Å². The first-order valence-electron chi connectivity index (χ1n) is 7.12. The number of amides is 1. The van der Waals surface area contributed by atoms with E-state index in [1.165, 1.54) is 0 Å². The van der Waals surface area contributed by atoms with Crippen molar-refractivity contribution in [2.75, 3.05) is 7.05 Å². The molecule has 3 aromatic heterocycles. The van der Waals surface area contributed by atoms with Gasteiger partial charge in [0, 0.05) is 25.5 Å². The van der Waals surface area contributed by atoms with E-state index in [0.29, 0.717) is 17.8 Å². The van der Waals surface area contributed by atoms with Crippen LogP contribution < -0.4 is 0 Å². The molecular formula is C15H17BrN6O. The molecule has 0 saturated carbocycles. The van der Waals surface area contributed by atoms with Crippen LogP contribution in [0.25, 0.3) is 5.65 Å². The van der Waals surface area contributed by atoms with Crippen LogP contribution in [0.1, 0.15) is 27.4 Å². The van der Waals surface area contributed by atoms with Gasteiger partial charge in [-0.2, -0.15) is 10.2 Å². The molecule has 0 atom stereocenters. The second-order valence-electron chi connectivity index (χ2n) is 5.56. The Morgan fingerprint density at radius 1 is 1.30 bits per heavy atom. The third kappa shape index (κ3) is 2.74. The molecule has 3 heterocycles. The fourth-order valence-corrected chi connectivity index (χ4v) is 3.01. The number of fused-ring (bicyclic) bond motifs is 1. The summed E-state index contributed by atoms with van der Waals surface area (Å²) < 4.78 is 4.31. The molecule has 0 saturated heterocycles. The summed E-state index contributed by atoms with van der Waals surface area (Å²) in [4.78, 5) is 18.9. The molecule has 1 amide bonds. The van der Waals surface area contributed by atoms with Crippen molar-refractivity contribution in [3.63, 3.8) is 0 Å². The van der Waals surface area contributed by atoms with Gasteiger partial charge in [-0.25, -0.2) is 9.50 Å². The van der Waals surface area contributed by atoms with Crippen LogP contribution >= 0.6 is 15.9 Å². The smallest absolute Gasteiger partial charge is 0.259 e. The van der Waals surface area contributed by atoms with Crippen LogP contribution in [0.2, 0.25) is 0 Å². The highest BCUT2D eigenvalue weighted by Gasteiger charge is 2.20. The molecule has 23 heavy (non-hydrogen) atoms. The minimum atomic E-state index is -0.120. The first-order valence-corrected chi connectivity index (χ1v) is 7.91. The molecule has 0 fully saturated rings. The predicted molar refractivity (Wildman–Crippen MR) is 89.2 cm³/mol. The molecule has 0 aliphatic rings. The second kappa shape index (κ2) is 5.77. The number of hydrogen-bond donors (Lipinski definition) is 0. The summed E-state index contributed by atoms with van der Waals surface area (Å²) in [5, 5.41) is 8.44. The highest BCUT2D eigenvalue weighted by molar-refractivity contribution is 9.10. The number of aromatic nitrogens is 5. The van der Waals surface area contributed by atoms with Crippen molar-refractivity contribution < 1.29 is 4.79 Å². The number of nitrogens with zero attached hydrogens (tertiary/aromatic N) is 6. The molecule has 120 valence electrons. The standard InChI is InChI=1S/C15H17BrN6O/c1-9-5-10(2)22-14(19-9)11(6-18-22)15(23)20(3)8-13-12(16)7-17-21(13)4/h5-7H,8H2,1-4H3. The summed E-state index contributed by atoms with van der Waals surface area (Å²) in [6.07, 6.45) is 3.29. The summed E-state index contributed by atoms with van der Waals surface area (Å²) >= 11 is 3.45. The molecule has 0 aromatic carbocycles. The van der Waals surface area contributed by atoms with Crippen molar-refractivity contribution >= 4 is 27.5 Å². The molecule has 8 heteroatoms. The molecule has 0 radical (unpaired) electrons. The third-order valence-corrected chi connectivity index (χ3v) is 4.42. The van der Waals surface area contributed by atoms with Gasteiger partial charge in [0.25, 0.3) is 5.91 Å². The van der Waals surface area contributed by atoms with E-state index in [1.807, 2.05) is 27.0 Å². The Morgan fingerprint density at radius 2 is 2.04 bits per heavy atom. The first kappa shape index (κ1) is 15.7. The maximum Gasteiger partial charge on any atom is 0.259 e. The quantitative estimate of drug-likeness (QED) is 0.701. The number of carbonyl (C=O) groups excluding carboxylic acids is 1.